The van der Waals surface area contributed by atoms with E-state index in [-0.39, 0.29) is 5.91 Å². The molecule has 0 bridgehead atoms. The molecular formula is C15H19N3O3. The number of ether oxygens (including phenoxy) is 2. The van der Waals surface area contributed by atoms with Crippen LogP contribution >= 0.6 is 0 Å². The minimum Gasteiger partial charge on any atom is -0.497 e. The van der Waals surface area contributed by atoms with E-state index >= 15 is 0 Å². The molecule has 1 heterocycles. The van der Waals surface area contributed by atoms with Crippen molar-refractivity contribution in [2.24, 2.45) is 0 Å². The number of amides is 1. The van der Waals surface area contributed by atoms with E-state index in [9.17, 15) is 4.79 Å². The van der Waals surface area contributed by atoms with Crippen LogP contribution < -0.4 is 9.47 Å². The Morgan fingerprint density at radius 1 is 1.33 bits per heavy atom. The Bertz CT molecular complexity index is 596. The molecule has 0 saturated carbocycles. The van der Waals surface area contributed by atoms with Crippen LogP contribution in [0.15, 0.2) is 36.7 Å². The van der Waals surface area contributed by atoms with E-state index in [1.807, 2.05) is 12.3 Å². The molecule has 1 amide bonds. The lowest BCUT2D eigenvalue weighted by atomic mass is 10.1. The average Bonchev–Trinajstić information content (AvgIpc) is 3.04. The van der Waals surface area contributed by atoms with Gasteiger partial charge >= 0.3 is 0 Å². The van der Waals surface area contributed by atoms with Crippen molar-refractivity contribution < 1.29 is 14.3 Å². The van der Waals surface area contributed by atoms with Crippen molar-refractivity contribution in [1.29, 1.82) is 0 Å². The second kappa shape index (κ2) is 6.78. The first-order valence-electron chi connectivity index (χ1n) is 6.60. The van der Waals surface area contributed by atoms with Gasteiger partial charge in [0.15, 0.2) is 0 Å². The van der Waals surface area contributed by atoms with Crippen LogP contribution in [0.25, 0.3) is 0 Å². The summed E-state index contributed by atoms with van der Waals surface area (Å²) in [6, 6.07) is 7.02. The van der Waals surface area contributed by atoms with E-state index in [4.69, 9.17) is 9.47 Å². The van der Waals surface area contributed by atoms with Gasteiger partial charge in [-0.25, -0.2) is 0 Å². The Kier molecular flexibility index (Phi) is 4.81. The van der Waals surface area contributed by atoms with Gasteiger partial charge in [0.2, 0.25) is 0 Å². The maximum absolute atomic E-state index is 12.5. The maximum atomic E-state index is 12.5. The van der Waals surface area contributed by atoms with Crippen molar-refractivity contribution in [3.63, 3.8) is 0 Å². The van der Waals surface area contributed by atoms with Crippen molar-refractivity contribution in [3.8, 4) is 11.5 Å². The lowest BCUT2D eigenvalue weighted by molar-refractivity contribution is 0.0785. The quantitative estimate of drug-likeness (QED) is 0.812. The van der Waals surface area contributed by atoms with Crippen LogP contribution in [0.5, 0.6) is 11.5 Å². The fourth-order valence-electron chi connectivity index (χ4n) is 1.97. The van der Waals surface area contributed by atoms with Crippen LogP contribution in [0.2, 0.25) is 0 Å². The molecule has 112 valence electrons. The van der Waals surface area contributed by atoms with Gasteiger partial charge < -0.3 is 14.4 Å². The van der Waals surface area contributed by atoms with Gasteiger partial charge in [0.1, 0.15) is 11.5 Å². The zero-order valence-electron chi connectivity index (χ0n) is 12.4. The first-order valence-corrected chi connectivity index (χ1v) is 6.60. The van der Waals surface area contributed by atoms with Crippen LogP contribution in [0.4, 0.5) is 0 Å². The van der Waals surface area contributed by atoms with Gasteiger partial charge in [0.25, 0.3) is 5.91 Å². The summed E-state index contributed by atoms with van der Waals surface area (Å²) in [5.74, 6) is 1.06. The van der Waals surface area contributed by atoms with Crippen molar-refractivity contribution in [2.45, 2.75) is 6.54 Å². The van der Waals surface area contributed by atoms with E-state index < -0.39 is 0 Å². The number of hydrogen-bond donors (Lipinski definition) is 0. The molecule has 6 nitrogen and oxygen atoms in total. The molecule has 0 aliphatic rings. The van der Waals surface area contributed by atoms with Gasteiger partial charge in [-0.05, 0) is 18.2 Å². The summed E-state index contributed by atoms with van der Waals surface area (Å²) < 4.78 is 12.2. The number of likely N-dealkylation sites (N-methyl/N-ethyl adjacent to an activating group) is 1. The molecule has 1 aromatic heterocycles. The van der Waals surface area contributed by atoms with E-state index in [1.54, 1.807) is 48.1 Å². The second-order valence-electron chi connectivity index (χ2n) is 4.56. The maximum Gasteiger partial charge on any atom is 0.257 e. The fourth-order valence-corrected chi connectivity index (χ4v) is 1.97. The standard InChI is InChI=1S/C15H19N3O3/c1-17(9-10-18-8-4-7-16-18)15(19)13-6-5-12(20-2)11-14(13)21-3/h4-8,11H,9-10H2,1-3H3. The SMILES string of the molecule is COc1ccc(C(=O)N(C)CCn2cccn2)c(OC)c1. The highest BCUT2D eigenvalue weighted by atomic mass is 16.5. The van der Waals surface area contributed by atoms with Crippen molar-refractivity contribution in [1.82, 2.24) is 14.7 Å². The van der Waals surface area contributed by atoms with Crippen molar-refractivity contribution in [3.05, 3.63) is 42.2 Å². The number of carbonyl (C=O) groups excluding carboxylic acids is 1. The highest BCUT2D eigenvalue weighted by Gasteiger charge is 2.17. The Balaban J connectivity index is 2.07. The van der Waals surface area contributed by atoms with Gasteiger partial charge in [-0.15, -0.1) is 0 Å². The predicted molar refractivity (Wildman–Crippen MR) is 78.7 cm³/mol. The van der Waals surface area contributed by atoms with E-state index in [2.05, 4.69) is 5.10 Å². The predicted octanol–water partition coefficient (Wildman–Crippen LogP) is 1.67. The van der Waals surface area contributed by atoms with Crippen LogP contribution in [-0.2, 0) is 6.54 Å². The summed E-state index contributed by atoms with van der Waals surface area (Å²) >= 11 is 0. The molecule has 0 fully saturated rings. The van der Waals surface area contributed by atoms with Gasteiger partial charge in [-0.2, -0.15) is 5.10 Å². The third-order valence-corrected chi connectivity index (χ3v) is 3.21. The minimum absolute atomic E-state index is 0.0957. The van der Waals surface area contributed by atoms with Crippen LogP contribution in [-0.4, -0.2) is 48.4 Å². The van der Waals surface area contributed by atoms with Gasteiger partial charge in [0.05, 0.1) is 26.3 Å². The number of aromatic nitrogens is 2. The molecule has 6 heteroatoms. The summed E-state index contributed by atoms with van der Waals surface area (Å²) in [4.78, 5) is 14.1. The smallest absolute Gasteiger partial charge is 0.257 e. The molecule has 21 heavy (non-hydrogen) atoms. The zero-order chi connectivity index (χ0) is 15.2. The second-order valence-corrected chi connectivity index (χ2v) is 4.56. The topological polar surface area (TPSA) is 56.6 Å². The number of rotatable bonds is 6. The number of hydrogen-bond acceptors (Lipinski definition) is 4. The molecule has 1 aromatic carbocycles. The molecule has 0 aliphatic carbocycles. The molecule has 0 radical (unpaired) electrons. The zero-order valence-corrected chi connectivity index (χ0v) is 12.4. The van der Waals surface area contributed by atoms with Crippen molar-refractivity contribution >= 4 is 5.91 Å². The molecule has 0 N–H and O–H groups in total. The third-order valence-electron chi connectivity index (χ3n) is 3.21. The van der Waals surface area contributed by atoms with E-state index in [0.29, 0.717) is 30.2 Å². The lowest BCUT2D eigenvalue weighted by Gasteiger charge is -2.19. The number of benzene rings is 1. The Hall–Kier alpha value is -2.50. The van der Waals surface area contributed by atoms with Crippen LogP contribution in [0.3, 0.4) is 0 Å². The summed E-state index contributed by atoms with van der Waals surface area (Å²) in [5.41, 5.74) is 0.515. The molecular weight excluding hydrogens is 270 g/mol. The minimum atomic E-state index is -0.0957. The first-order chi connectivity index (χ1) is 10.2. The van der Waals surface area contributed by atoms with Gasteiger partial charge in [-0.1, -0.05) is 0 Å². The monoisotopic (exact) mass is 289 g/mol. The first kappa shape index (κ1) is 14.9. The summed E-state index contributed by atoms with van der Waals surface area (Å²) in [5, 5.41) is 4.11. The molecule has 0 spiro atoms. The van der Waals surface area contributed by atoms with Crippen LogP contribution in [0.1, 0.15) is 10.4 Å². The van der Waals surface area contributed by atoms with Crippen molar-refractivity contribution in [2.75, 3.05) is 27.8 Å². The average molecular weight is 289 g/mol. The Morgan fingerprint density at radius 3 is 2.76 bits per heavy atom. The molecule has 0 atom stereocenters. The van der Waals surface area contributed by atoms with Gasteiger partial charge in [0, 0.05) is 32.1 Å². The van der Waals surface area contributed by atoms with Gasteiger partial charge in [-0.3, -0.25) is 9.48 Å². The number of nitrogens with zero attached hydrogens (tertiary/aromatic N) is 3. The number of carbonyl (C=O) groups is 1. The third kappa shape index (κ3) is 3.53. The molecule has 0 saturated heterocycles. The summed E-state index contributed by atoms with van der Waals surface area (Å²) in [6.45, 7) is 1.21. The highest BCUT2D eigenvalue weighted by molar-refractivity contribution is 5.97. The molecule has 0 aliphatic heterocycles. The molecule has 0 unspecified atom stereocenters. The number of methoxy groups -OCH3 is 2. The lowest BCUT2D eigenvalue weighted by Crippen LogP contribution is -2.30. The normalized spacial score (nSPS) is 10.2. The van der Waals surface area contributed by atoms with E-state index in [1.165, 1.54) is 7.11 Å². The molecule has 2 rings (SSSR count). The van der Waals surface area contributed by atoms with Crippen LogP contribution in [0, 0.1) is 0 Å². The fraction of sp³-hybridized carbons (Fsp3) is 0.333. The van der Waals surface area contributed by atoms with E-state index in [0.717, 1.165) is 0 Å². The summed E-state index contributed by atoms with van der Waals surface area (Å²) in [6.07, 6.45) is 3.58. The Morgan fingerprint density at radius 2 is 2.14 bits per heavy atom. The highest BCUT2D eigenvalue weighted by Crippen LogP contribution is 2.25. The largest absolute Gasteiger partial charge is 0.497 e. The Labute approximate surface area is 123 Å². The molecule has 2 aromatic rings. The summed E-state index contributed by atoms with van der Waals surface area (Å²) in [7, 11) is 4.87.